The summed E-state index contributed by atoms with van der Waals surface area (Å²) in [5, 5.41) is 0. The number of rotatable bonds is 3. The molecule has 1 amide bonds. The molecule has 0 radical (unpaired) electrons. The summed E-state index contributed by atoms with van der Waals surface area (Å²) in [6.07, 6.45) is 1.71. The average molecular weight is 300 g/mol. The summed E-state index contributed by atoms with van der Waals surface area (Å²) in [6.45, 7) is 2.07. The lowest BCUT2D eigenvalue weighted by molar-refractivity contribution is 0.0676. The van der Waals surface area contributed by atoms with Crippen molar-refractivity contribution in [2.45, 2.75) is 12.8 Å². The molecule has 1 aromatic rings. The van der Waals surface area contributed by atoms with Gasteiger partial charge < -0.3 is 9.80 Å². The number of amides is 1. The number of carbonyl (C=O) groups excluding carboxylic acids is 1. The monoisotopic (exact) mass is 300 g/mol. The van der Waals surface area contributed by atoms with Crippen LogP contribution >= 0.6 is 0 Å². The number of benzene rings is 1. The van der Waals surface area contributed by atoms with Crippen LogP contribution in [0.1, 0.15) is 23.2 Å². The van der Waals surface area contributed by atoms with Crippen LogP contribution in [0.15, 0.2) is 12.1 Å². The Hall–Kier alpha value is -1.56. The molecule has 0 N–H and O–H groups in total. The summed E-state index contributed by atoms with van der Waals surface area (Å²) in [7, 11) is 4.00. The lowest BCUT2D eigenvalue weighted by Gasteiger charge is -2.33. The van der Waals surface area contributed by atoms with Crippen molar-refractivity contribution >= 4 is 5.91 Å². The first-order valence-corrected chi connectivity index (χ1v) is 6.97. The molecule has 0 unspecified atom stereocenters. The van der Waals surface area contributed by atoms with Crippen molar-refractivity contribution in [3.63, 3.8) is 0 Å². The Labute approximate surface area is 122 Å². The first kappa shape index (κ1) is 15.8. The van der Waals surface area contributed by atoms with E-state index in [4.69, 9.17) is 0 Å². The topological polar surface area (TPSA) is 23.6 Å². The fourth-order valence-corrected chi connectivity index (χ4v) is 2.70. The molecule has 1 aliphatic heterocycles. The number of likely N-dealkylation sites (tertiary alicyclic amines) is 1. The second-order valence-corrected chi connectivity index (χ2v) is 5.75. The van der Waals surface area contributed by atoms with Gasteiger partial charge in [-0.15, -0.1) is 0 Å². The Morgan fingerprint density at radius 3 is 2.19 bits per heavy atom. The third kappa shape index (κ3) is 3.75. The number of hydrogen-bond acceptors (Lipinski definition) is 2. The van der Waals surface area contributed by atoms with E-state index in [0.29, 0.717) is 19.0 Å². The molecule has 1 heterocycles. The molecule has 0 bridgehead atoms. The molecule has 0 saturated carbocycles. The van der Waals surface area contributed by atoms with Gasteiger partial charge in [-0.25, -0.2) is 13.2 Å². The van der Waals surface area contributed by atoms with E-state index in [-0.39, 0.29) is 5.56 Å². The van der Waals surface area contributed by atoms with Gasteiger partial charge >= 0.3 is 0 Å². The Bertz CT molecular complexity index is 503. The van der Waals surface area contributed by atoms with Crippen LogP contribution in [0.5, 0.6) is 0 Å². The highest BCUT2D eigenvalue weighted by molar-refractivity contribution is 5.94. The molecule has 21 heavy (non-hydrogen) atoms. The van der Waals surface area contributed by atoms with Gasteiger partial charge in [-0.2, -0.15) is 0 Å². The minimum absolute atomic E-state index is 0.141. The van der Waals surface area contributed by atoms with E-state index < -0.39 is 23.4 Å². The van der Waals surface area contributed by atoms with Crippen molar-refractivity contribution < 1.29 is 18.0 Å². The maximum atomic E-state index is 13.2. The van der Waals surface area contributed by atoms with Crippen LogP contribution < -0.4 is 0 Å². The Morgan fingerprint density at radius 1 is 1.19 bits per heavy atom. The Morgan fingerprint density at radius 2 is 1.71 bits per heavy atom. The van der Waals surface area contributed by atoms with E-state index in [2.05, 4.69) is 4.90 Å². The molecule has 0 atom stereocenters. The van der Waals surface area contributed by atoms with Crippen LogP contribution in [-0.4, -0.2) is 49.4 Å². The van der Waals surface area contributed by atoms with Crippen LogP contribution in [0.2, 0.25) is 0 Å². The van der Waals surface area contributed by atoms with Gasteiger partial charge in [0.25, 0.3) is 5.91 Å². The lowest BCUT2D eigenvalue weighted by Crippen LogP contribution is -2.40. The highest BCUT2D eigenvalue weighted by Crippen LogP contribution is 2.21. The first-order chi connectivity index (χ1) is 9.88. The summed E-state index contributed by atoms with van der Waals surface area (Å²) in [4.78, 5) is 15.9. The van der Waals surface area contributed by atoms with Gasteiger partial charge in [0.1, 0.15) is 0 Å². The maximum Gasteiger partial charge on any atom is 0.254 e. The quantitative estimate of drug-likeness (QED) is 0.801. The highest BCUT2D eigenvalue weighted by atomic mass is 19.2. The molecule has 6 heteroatoms. The Kier molecular flexibility index (Phi) is 4.88. The predicted octanol–water partition coefficient (Wildman–Crippen LogP) is 2.52. The summed E-state index contributed by atoms with van der Waals surface area (Å²) < 4.78 is 39.3. The molecule has 0 spiro atoms. The van der Waals surface area contributed by atoms with Gasteiger partial charge in [-0.3, -0.25) is 4.79 Å². The van der Waals surface area contributed by atoms with Crippen molar-refractivity contribution in [2.24, 2.45) is 5.92 Å². The van der Waals surface area contributed by atoms with E-state index in [1.165, 1.54) is 0 Å². The summed E-state index contributed by atoms with van der Waals surface area (Å²) >= 11 is 0. The van der Waals surface area contributed by atoms with Crippen molar-refractivity contribution in [2.75, 3.05) is 33.7 Å². The third-order valence-corrected chi connectivity index (χ3v) is 3.76. The number of nitrogens with zero attached hydrogens (tertiary/aromatic N) is 2. The fraction of sp³-hybridized carbons (Fsp3) is 0.533. The molecule has 0 aliphatic carbocycles. The highest BCUT2D eigenvalue weighted by Gasteiger charge is 2.25. The van der Waals surface area contributed by atoms with Crippen LogP contribution in [-0.2, 0) is 0 Å². The first-order valence-electron chi connectivity index (χ1n) is 6.97. The molecular formula is C15H19F3N2O. The minimum Gasteiger partial charge on any atom is -0.339 e. The van der Waals surface area contributed by atoms with Crippen LogP contribution in [0, 0.1) is 23.4 Å². The molecule has 1 saturated heterocycles. The van der Waals surface area contributed by atoms with Gasteiger partial charge in [0.05, 0.1) is 0 Å². The van der Waals surface area contributed by atoms with Crippen LogP contribution in [0.4, 0.5) is 13.2 Å². The van der Waals surface area contributed by atoms with Crippen molar-refractivity contribution in [1.29, 1.82) is 0 Å². The number of hydrogen-bond donors (Lipinski definition) is 0. The normalized spacial score (nSPS) is 16.6. The zero-order valence-corrected chi connectivity index (χ0v) is 12.2. The number of halogens is 3. The smallest absolute Gasteiger partial charge is 0.254 e. The summed E-state index contributed by atoms with van der Waals surface area (Å²) in [5.41, 5.74) is -0.141. The zero-order valence-electron chi connectivity index (χ0n) is 12.2. The van der Waals surface area contributed by atoms with Gasteiger partial charge in [-0.1, -0.05) is 0 Å². The van der Waals surface area contributed by atoms with Crippen LogP contribution in [0.25, 0.3) is 0 Å². The minimum atomic E-state index is -1.55. The maximum absolute atomic E-state index is 13.2. The number of piperidine rings is 1. The predicted molar refractivity (Wildman–Crippen MR) is 73.5 cm³/mol. The molecule has 1 aliphatic rings. The molecule has 0 aromatic heterocycles. The van der Waals surface area contributed by atoms with E-state index in [1.807, 2.05) is 14.1 Å². The Balaban J connectivity index is 2.02. The van der Waals surface area contributed by atoms with E-state index in [0.717, 1.165) is 31.5 Å². The summed E-state index contributed by atoms with van der Waals surface area (Å²) in [6, 6.07) is 1.51. The third-order valence-electron chi connectivity index (χ3n) is 3.76. The standard InChI is InChI=1S/C15H19F3N2O/c1-19(2)9-10-3-5-20(6-4-10)15(21)11-7-12(16)14(18)13(17)8-11/h7-8,10H,3-6,9H2,1-2H3. The lowest BCUT2D eigenvalue weighted by atomic mass is 9.96. The molecular weight excluding hydrogens is 281 g/mol. The van der Waals surface area contributed by atoms with Gasteiger partial charge in [0, 0.05) is 25.2 Å². The van der Waals surface area contributed by atoms with Gasteiger partial charge in [0.15, 0.2) is 17.5 Å². The van der Waals surface area contributed by atoms with Gasteiger partial charge in [-0.05, 0) is 45.0 Å². The van der Waals surface area contributed by atoms with Crippen molar-refractivity contribution in [3.8, 4) is 0 Å². The van der Waals surface area contributed by atoms with Crippen molar-refractivity contribution in [3.05, 3.63) is 35.1 Å². The largest absolute Gasteiger partial charge is 0.339 e. The SMILES string of the molecule is CN(C)CC1CCN(C(=O)c2cc(F)c(F)c(F)c2)CC1. The second kappa shape index (κ2) is 6.47. The van der Waals surface area contributed by atoms with E-state index in [1.54, 1.807) is 4.90 Å². The molecule has 1 aromatic carbocycles. The summed E-state index contributed by atoms with van der Waals surface area (Å²) in [5.74, 6) is -4.14. The fourth-order valence-electron chi connectivity index (χ4n) is 2.70. The van der Waals surface area contributed by atoms with Gasteiger partial charge in [0.2, 0.25) is 0 Å². The van der Waals surface area contributed by atoms with Crippen molar-refractivity contribution in [1.82, 2.24) is 9.80 Å². The molecule has 3 nitrogen and oxygen atoms in total. The average Bonchev–Trinajstić information content (AvgIpc) is 2.43. The van der Waals surface area contributed by atoms with Crippen LogP contribution in [0.3, 0.4) is 0 Å². The molecule has 116 valence electrons. The molecule has 2 rings (SSSR count). The van der Waals surface area contributed by atoms with E-state index >= 15 is 0 Å². The van der Waals surface area contributed by atoms with E-state index in [9.17, 15) is 18.0 Å². The molecule has 1 fully saturated rings. The number of carbonyl (C=O) groups is 1. The zero-order chi connectivity index (χ0) is 15.6. The second-order valence-electron chi connectivity index (χ2n) is 5.75.